The summed E-state index contributed by atoms with van der Waals surface area (Å²) < 4.78 is 34.0. The van der Waals surface area contributed by atoms with E-state index in [2.05, 4.69) is 0 Å². The molecule has 0 saturated heterocycles. The first-order chi connectivity index (χ1) is 17.8. The highest BCUT2D eigenvalue weighted by Crippen LogP contribution is 2.46. The average molecular weight is 508 g/mol. The van der Waals surface area contributed by atoms with Gasteiger partial charge in [0.05, 0.1) is 33.3 Å². The van der Waals surface area contributed by atoms with Gasteiger partial charge in [-0.2, -0.15) is 0 Å². The van der Waals surface area contributed by atoms with Crippen LogP contribution in [0.4, 0.5) is 0 Å². The molecule has 0 fully saturated rings. The molecule has 3 aromatic carbocycles. The van der Waals surface area contributed by atoms with Crippen molar-refractivity contribution < 1.29 is 48.2 Å². The number of carbonyl (C=O) groups is 2. The first-order valence-corrected chi connectivity index (χ1v) is 11.4. The Hall–Kier alpha value is -4.60. The molecule has 0 aliphatic carbocycles. The van der Waals surface area contributed by atoms with E-state index in [-0.39, 0.29) is 64.7 Å². The molecule has 0 bridgehead atoms. The van der Waals surface area contributed by atoms with Gasteiger partial charge in [0.2, 0.25) is 11.5 Å². The third kappa shape index (κ3) is 4.31. The van der Waals surface area contributed by atoms with Crippen LogP contribution in [0.5, 0.6) is 46.0 Å². The van der Waals surface area contributed by atoms with Crippen molar-refractivity contribution in [1.29, 1.82) is 0 Å². The summed E-state index contributed by atoms with van der Waals surface area (Å²) in [5.41, 5.74) is 0.884. The zero-order chi connectivity index (χ0) is 26.3. The van der Waals surface area contributed by atoms with E-state index in [0.29, 0.717) is 22.6 Å². The van der Waals surface area contributed by atoms with E-state index in [4.69, 9.17) is 28.4 Å². The van der Waals surface area contributed by atoms with Gasteiger partial charge in [0, 0.05) is 17.7 Å². The molecule has 2 unspecified atom stereocenters. The summed E-state index contributed by atoms with van der Waals surface area (Å²) >= 11 is 0. The number of benzene rings is 3. The van der Waals surface area contributed by atoms with Gasteiger partial charge in [-0.3, -0.25) is 9.59 Å². The lowest BCUT2D eigenvalue weighted by atomic mass is 9.95. The first kappa shape index (κ1) is 24.1. The minimum Gasteiger partial charge on any atom is -0.508 e. The number of hydrogen-bond donors (Lipinski definition) is 2. The number of methoxy groups -OCH3 is 3. The van der Waals surface area contributed by atoms with Gasteiger partial charge in [-0.15, -0.1) is 0 Å². The quantitative estimate of drug-likeness (QED) is 0.506. The second-order valence-electron chi connectivity index (χ2n) is 8.47. The highest BCUT2D eigenvalue weighted by atomic mass is 16.6. The molecule has 192 valence electrons. The molecule has 2 heterocycles. The van der Waals surface area contributed by atoms with E-state index in [9.17, 15) is 19.8 Å². The van der Waals surface area contributed by atoms with Crippen molar-refractivity contribution in [3.63, 3.8) is 0 Å². The van der Waals surface area contributed by atoms with Crippen LogP contribution in [0.1, 0.15) is 38.8 Å². The van der Waals surface area contributed by atoms with Crippen LogP contribution >= 0.6 is 0 Å². The van der Waals surface area contributed by atoms with Crippen LogP contribution in [0.2, 0.25) is 0 Å². The predicted octanol–water partition coefficient (Wildman–Crippen LogP) is 3.85. The van der Waals surface area contributed by atoms with Crippen molar-refractivity contribution >= 4 is 11.6 Å². The number of ketones is 2. The number of hydrogen-bond acceptors (Lipinski definition) is 10. The lowest BCUT2D eigenvalue weighted by molar-refractivity contribution is 0.0612. The summed E-state index contributed by atoms with van der Waals surface area (Å²) in [5, 5.41) is 19.9. The second kappa shape index (κ2) is 9.45. The summed E-state index contributed by atoms with van der Waals surface area (Å²) in [7, 11) is 4.38. The van der Waals surface area contributed by atoms with Crippen molar-refractivity contribution in [2.24, 2.45) is 0 Å². The van der Waals surface area contributed by atoms with Crippen molar-refractivity contribution in [3.05, 3.63) is 59.2 Å². The fraction of sp³-hybridized carbons (Fsp3) is 0.259. The number of aromatic hydroxyl groups is 2. The monoisotopic (exact) mass is 508 g/mol. The van der Waals surface area contributed by atoms with Crippen molar-refractivity contribution in [3.8, 4) is 46.0 Å². The lowest BCUT2D eigenvalue weighted by Crippen LogP contribution is -2.37. The van der Waals surface area contributed by atoms with Crippen LogP contribution in [-0.4, -0.2) is 55.8 Å². The molecule has 0 amide bonds. The third-order valence-electron chi connectivity index (χ3n) is 6.23. The minimum absolute atomic E-state index is 0.0145. The molecule has 10 heteroatoms. The zero-order valence-electron chi connectivity index (χ0n) is 20.3. The molecule has 0 saturated carbocycles. The van der Waals surface area contributed by atoms with Crippen LogP contribution in [0.3, 0.4) is 0 Å². The van der Waals surface area contributed by atoms with Crippen LogP contribution < -0.4 is 28.4 Å². The highest BCUT2D eigenvalue weighted by Gasteiger charge is 2.35. The zero-order valence-corrected chi connectivity index (χ0v) is 20.3. The molecule has 2 aliphatic rings. The van der Waals surface area contributed by atoms with Crippen LogP contribution in [0, 0.1) is 0 Å². The Bertz CT molecular complexity index is 1370. The maximum absolute atomic E-state index is 13.2. The van der Waals surface area contributed by atoms with E-state index in [1.54, 1.807) is 30.3 Å². The molecule has 10 nitrogen and oxygen atoms in total. The Kier molecular flexibility index (Phi) is 6.16. The number of rotatable bonds is 6. The van der Waals surface area contributed by atoms with E-state index >= 15 is 0 Å². The van der Waals surface area contributed by atoms with Crippen LogP contribution in [0.15, 0.2) is 42.5 Å². The van der Waals surface area contributed by atoms with E-state index in [1.807, 2.05) is 0 Å². The Labute approximate surface area is 211 Å². The maximum Gasteiger partial charge on any atom is 0.210 e. The van der Waals surface area contributed by atoms with Crippen LogP contribution in [-0.2, 0) is 0 Å². The molecular weight excluding hydrogens is 484 g/mol. The maximum atomic E-state index is 13.2. The van der Waals surface area contributed by atoms with Gasteiger partial charge in [-0.05, 0) is 30.3 Å². The molecule has 2 aliphatic heterocycles. The van der Waals surface area contributed by atoms with Crippen molar-refractivity contribution in [2.75, 3.05) is 27.9 Å². The van der Waals surface area contributed by atoms with Gasteiger partial charge < -0.3 is 38.6 Å². The Morgan fingerprint density at radius 1 is 0.892 bits per heavy atom. The summed E-state index contributed by atoms with van der Waals surface area (Å²) in [5.74, 6) is 0.483. The van der Waals surface area contributed by atoms with E-state index < -0.39 is 12.2 Å². The van der Waals surface area contributed by atoms with Crippen molar-refractivity contribution in [2.45, 2.75) is 18.6 Å². The molecule has 0 spiro atoms. The van der Waals surface area contributed by atoms with Gasteiger partial charge in [-0.1, -0.05) is 0 Å². The average Bonchev–Trinajstić information content (AvgIpc) is 2.89. The normalized spacial score (nSPS) is 18.1. The molecule has 0 radical (unpaired) electrons. The fourth-order valence-electron chi connectivity index (χ4n) is 4.41. The summed E-state index contributed by atoms with van der Waals surface area (Å²) in [6.45, 7) is -0.0176. The van der Waals surface area contributed by atoms with E-state index in [1.165, 1.54) is 27.4 Å². The topological polar surface area (TPSA) is 130 Å². The van der Waals surface area contributed by atoms with Gasteiger partial charge in [-0.25, -0.2) is 0 Å². The van der Waals surface area contributed by atoms with Gasteiger partial charge in [0.1, 0.15) is 47.0 Å². The summed E-state index contributed by atoms with van der Waals surface area (Å²) in [6.07, 6.45) is -1.79. The first-order valence-electron chi connectivity index (χ1n) is 11.4. The largest absolute Gasteiger partial charge is 0.508 e. The Morgan fingerprint density at radius 2 is 1.62 bits per heavy atom. The van der Waals surface area contributed by atoms with Gasteiger partial charge in [0.25, 0.3) is 0 Å². The molecule has 2 N–H and O–H groups in total. The number of ether oxygens (including phenoxy) is 6. The number of phenolic OH excluding ortho intramolecular Hbond substituents is 2. The SMILES string of the molecule is COc1ccc2c(c1)C(=O)C(Oc1c(OC)cc(C3CC(=O)c4c(O)cc(O)cc4O3)cc1OC)CO2. The van der Waals surface area contributed by atoms with Crippen molar-refractivity contribution in [1.82, 2.24) is 0 Å². The second-order valence-corrected chi connectivity index (χ2v) is 8.47. The third-order valence-corrected chi connectivity index (χ3v) is 6.23. The highest BCUT2D eigenvalue weighted by molar-refractivity contribution is 6.04. The van der Waals surface area contributed by atoms with Gasteiger partial charge in [0.15, 0.2) is 23.4 Å². The molecular formula is C27H24O10. The molecule has 0 aromatic heterocycles. The molecule has 5 rings (SSSR count). The number of Topliss-reactive ketones (excluding diaryl/α,β-unsaturated/α-hetero) is 2. The molecule has 3 aromatic rings. The lowest BCUT2D eigenvalue weighted by Gasteiger charge is -2.28. The molecule has 2 atom stereocenters. The van der Waals surface area contributed by atoms with Gasteiger partial charge >= 0.3 is 0 Å². The predicted molar refractivity (Wildman–Crippen MR) is 129 cm³/mol. The van der Waals surface area contributed by atoms with Crippen LogP contribution in [0.25, 0.3) is 0 Å². The number of carbonyl (C=O) groups excluding carboxylic acids is 2. The Balaban J connectivity index is 1.46. The number of phenols is 2. The standard InChI is InChI=1S/C27H24O10/c1-32-15-4-5-19-16(10-15)26(31)24(12-35-19)37-27-22(33-2)6-13(7-23(27)34-3)20-11-18(30)25-17(29)8-14(28)9-21(25)36-20/h4-10,20,24,28-29H,11-12H2,1-3H3. The Morgan fingerprint density at radius 3 is 2.30 bits per heavy atom. The number of fused-ring (bicyclic) bond motifs is 2. The minimum atomic E-state index is -0.974. The van der Waals surface area contributed by atoms with E-state index in [0.717, 1.165) is 6.07 Å². The smallest absolute Gasteiger partial charge is 0.210 e. The fourth-order valence-corrected chi connectivity index (χ4v) is 4.41. The summed E-state index contributed by atoms with van der Waals surface area (Å²) in [6, 6.07) is 10.6. The summed E-state index contributed by atoms with van der Waals surface area (Å²) in [4.78, 5) is 25.9. The molecule has 37 heavy (non-hydrogen) atoms.